The number of nitro benzene ring substituents is 1. The van der Waals surface area contributed by atoms with Gasteiger partial charge >= 0.3 is 0 Å². The Hall–Kier alpha value is -1.78. The van der Waals surface area contributed by atoms with Crippen LogP contribution in [0.25, 0.3) is 0 Å². The lowest BCUT2D eigenvalue weighted by Crippen LogP contribution is -2.30. The molecule has 11 heteroatoms. The number of halogens is 3. The minimum atomic E-state index is -0.536. The SMILES string of the molecule is COCCN(CCOC)c1ccc(N=Nc2c(Cl)cc([N+](=O)[O-])cc2Br)c(Cl)c1. The van der Waals surface area contributed by atoms with Crippen LogP contribution in [0.3, 0.4) is 0 Å². The number of anilines is 1. The van der Waals surface area contributed by atoms with Crippen LogP contribution in [-0.4, -0.2) is 45.4 Å². The predicted molar refractivity (Wildman–Crippen MR) is 117 cm³/mol. The molecule has 2 aromatic rings. The van der Waals surface area contributed by atoms with E-state index in [0.29, 0.717) is 41.5 Å². The van der Waals surface area contributed by atoms with Crippen molar-refractivity contribution in [2.24, 2.45) is 10.2 Å². The third-order valence-electron chi connectivity index (χ3n) is 3.90. The summed E-state index contributed by atoms with van der Waals surface area (Å²) in [5.41, 5.74) is 1.47. The summed E-state index contributed by atoms with van der Waals surface area (Å²) in [7, 11) is 3.29. The van der Waals surface area contributed by atoms with Crippen molar-refractivity contribution >= 4 is 61.9 Å². The zero-order chi connectivity index (χ0) is 21.4. The van der Waals surface area contributed by atoms with Gasteiger partial charge in [-0.1, -0.05) is 23.2 Å². The van der Waals surface area contributed by atoms with E-state index in [0.717, 1.165) is 5.69 Å². The van der Waals surface area contributed by atoms with Crippen LogP contribution in [0.2, 0.25) is 10.0 Å². The fourth-order valence-electron chi connectivity index (χ4n) is 2.40. The van der Waals surface area contributed by atoms with E-state index in [4.69, 9.17) is 32.7 Å². The van der Waals surface area contributed by atoms with Gasteiger partial charge in [-0.3, -0.25) is 10.1 Å². The molecule has 0 aliphatic carbocycles. The van der Waals surface area contributed by atoms with Crippen LogP contribution >= 0.6 is 39.1 Å². The highest BCUT2D eigenvalue weighted by molar-refractivity contribution is 9.10. The fourth-order valence-corrected chi connectivity index (χ4v) is 3.51. The summed E-state index contributed by atoms with van der Waals surface area (Å²) < 4.78 is 10.7. The molecule has 0 aliphatic rings. The molecular weight excluding hydrogens is 487 g/mol. The molecule has 0 saturated heterocycles. The second-order valence-electron chi connectivity index (χ2n) is 5.82. The van der Waals surface area contributed by atoms with E-state index in [-0.39, 0.29) is 16.4 Å². The van der Waals surface area contributed by atoms with Crippen molar-refractivity contribution in [2.45, 2.75) is 0 Å². The van der Waals surface area contributed by atoms with Crippen molar-refractivity contribution in [3.8, 4) is 0 Å². The molecule has 0 bridgehead atoms. The molecular formula is C18H19BrCl2N4O4. The van der Waals surface area contributed by atoms with Crippen LogP contribution in [0.5, 0.6) is 0 Å². The quantitative estimate of drug-likeness (QED) is 0.218. The summed E-state index contributed by atoms with van der Waals surface area (Å²) >= 11 is 15.7. The maximum absolute atomic E-state index is 10.9. The first-order valence-electron chi connectivity index (χ1n) is 8.45. The number of methoxy groups -OCH3 is 2. The highest BCUT2D eigenvalue weighted by Crippen LogP contribution is 2.39. The number of nitrogens with zero attached hydrogens (tertiary/aromatic N) is 4. The van der Waals surface area contributed by atoms with Crippen molar-refractivity contribution < 1.29 is 14.4 Å². The molecule has 2 aromatic carbocycles. The first-order chi connectivity index (χ1) is 13.9. The molecule has 0 saturated carbocycles. The predicted octanol–water partition coefficient (Wildman–Crippen LogP) is 6.18. The molecule has 0 amide bonds. The van der Waals surface area contributed by atoms with Gasteiger partial charge < -0.3 is 14.4 Å². The molecule has 0 unspecified atom stereocenters. The molecule has 0 N–H and O–H groups in total. The Kier molecular flexibility index (Phi) is 9.25. The number of benzene rings is 2. The van der Waals surface area contributed by atoms with E-state index in [9.17, 15) is 10.1 Å². The minimum absolute atomic E-state index is 0.105. The number of non-ortho nitro benzene ring substituents is 1. The molecule has 0 aromatic heterocycles. The maximum Gasteiger partial charge on any atom is 0.272 e. The summed E-state index contributed by atoms with van der Waals surface area (Å²) in [5.74, 6) is 0. The summed E-state index contributed by atoms with van der Waals surface area (Å²) in [5, 5.41) is 19.6. The third kappa shape index (κ3) is 6.61. The highest BCUT2D eigenvalue weighted by atomic mass is 79.9. The molecule has 0 spiro atoms. The standard InChI is InChI=1S/C18H19BrCl2N4O4/c1-28-7-5-24(6-8-29-2)12-3-4-17(15(20)10-12)22-23-18-14(19)9-13(25(26)27)11-16(18)21/h3-4,9-11H,5-8H2,1-2H3. The number of rotatable bonds is 10. The molecule has 0 heterocycles. The number of nitro groups is 1. The van der Waals surface area contributed by atoms with Gasteiger partial charge in [0.2, 0.25) is 0 Å². The van der Waals surface area contributed by atoms with Crippen LogP contribution in [0, 0.1) is 10.1 Å². The van der Waals surface area contributed by atoms with Crippen molar-refractivity contribution in [2.75, 3.05) is 45.4 Å². The molecule has 0 fully saturated rings. The zero-order valence-electron chi connectivity index (χ0n) is 15.8. The Bertz CT molecular complexity index is 867. The van der Waals surface area contributed by atoms with Crippen LogP contribution in [0.4, 0.5) is 22.7 Å². The minimum Gasteiger partial charge on any atom is -0.383 e. The Labute approximate surface area is 186 Å². The van der Waals surface area contributed by atoms with Gasteiger partial charge in [-0.15, -0.1) is 10.2 Å². The van der Waals surface area contributed by atoms with Gasteiger partial charge in [-0.05, 0) is 34.1 Å². The Morgan fingerprint density at radius 2 is 1.72 bits per heavy atom. The van der Waals surface area contributed by atoms with E-state index in [2.05, 4.69) is 31.1 Å². The van der Waals surface area contributed by atoms with Crippen molar-refractivity contribution in [3.05, 3.63) is 55.0 Å². The van der Waals surface area contributed by atoms with E-state index in [1.54, 1.807) is 26.4 Å². The van der Waals surface area contributed by atoms with Crippen molar-refractivity contribution in [1.82, 2.24) is 0 Å². The topological polar surface area (TPSA) is 89.6 Å². The Balaban J connectivity index is 2.25. The second kappa shape index (κ2) is 11.4. The highest BCUT2D eigenvalue weighted by Gasteiger charge is 2.15. The van der Waals surface area contributed by atoms with Crippen molar-refractivity contribution in [3.63, 3.8) is 0 Å². The lowest BCUT2D eigenvalue weighted by molar-refractivity contribution is -0.384. The molecule has 0 atom stereocenters. The molecule has 8 nitrogen and oxygen atoms in total. The van der Waals surface area contributed by atoms with Gasteiger partial charge in [-0.25, -0.2) is 0 Å². The maximum atomic E-state index is 10.9. The average Bonchev–Trinajstić information content (AvgIpc) is 2.68. The van der Waals surface area contributed by atoms with Gasteiger partial charge in [0.15, 0.2) is 0 Å². The number of hydrogen-bond donors (Lipinski definition) is 0. The van der Waals surface area contributed by atoms with E-state index in [1.807, 2.05) is 6.07 Å². The Morgan fingerprint density at radius 3 is 2.24 bits per heavy atom. The van der Waals surface area contributed by atoms with Gasteiger partial charge in [0.25, 0.3) is 5.69 Å². The van der Waals surface area contributed by atoms with Gasteiger partial charge in [0, 0.05) is 45.1 Å². The molecule has 2 rings (SSSR count). The van der Waals surface area contributed by atoms with Crippen LogP contribution < -0.4 is 4.90 Å². The number of azo groups is 1. The van der Waals surface area contributed by atoms with Gasteiger partial charge in [0.1, 0.15) is 11.4 Å². The van der Waals surface area contributed by atoms with E-state index < -0.39 is 4.92 Å². The summed E-state index contributed by atoms with van der Waals surface area (Å²) in [4.78, 5) is 12.4. The lowest BCUT2D eigenvalue weighted by atomic mass is 10.2. The summed E-state index contributed by atoms with van der Waals surface area (Å²) in [6, 6.07) is 7.93. The Morgan fingerprint density at radius 1 is 1.07 bits per heavy atom. The molecule has 0 radical (unpaired) electrons. The zero-order valence-corrected chi connectivity index (χ0v) is 18.9. The normalized spacial score (nSPS) is 11.2. The van der Waals surface area contributed by atoms with E-state index in [1.165, 1.54) is 12.1 Å². The third-order valence-corrected chi connectivity index (χ3v) is 5.09. The van der Waals surface area contributed by atoms with Crippen molar-refractivity contribution in [1.29, 1.82) is 0 Å². The smallest absolute Gasteiger partial charge is 0.272 e. The fraction of sp³-hybridized carbons (Fsp3) is 0.333. The number of ether oxygens (including phenoxy) is 2. The summed E-state index contributed by atoms with van der Waals surface area (Å²) in [6.07, 6.45) is 0. The second-order valence-corrected chi connectivity index (χ2v) is 7.49. The monoisotopic (exact) mass is 504 g/mol. The molecule has 156 valence electrons. The largest absolute Gasteiger partial charge is 0.383 e. The van der Waals surface area contributed by atoms with E-state index >= 15 is 0 Å². The summed E-state index contributed by atoms with van der Waals surface area (Å²) in [6.45, 7) is 2.50. The van der Waals surface area contributed by atoms with Crippen LogP contribution in [0.15, 0.2) is 45.0 Å². The lowest BCUT2D eigenvalue weighted by Gasteiger charge is -2.24. The van der Waals surface area contributed by atoms with Crippen LogP contribution in [0.1, 0.15) is 0 Å². The first-order valence-corrected chi connectivity index (χ1v) is 9.99. The van der Waals surface area contributed by atoms with Gasteiger partial charge in [-0.2, -0.15) is 0 Å². The van der Waals surface area contributed by atoms with Gasteiger partial charge in [0.05, 0.1) is 32.7 Å². The van der Waals surface area contributed by atoms with Crippen LogP contribution in [-0.2, 0) is 9.47 Å². The average molecular weight is 506 g/mol. The first kappa shape index (κ1) is 23.5. The molecule has 29 heavy (non-hydrogen) atoms. The number of hydrogen-bond acceptors (Lipinski definition) is 7. The molecule has 0 aliphatic heterocycles.